The van der Waals surface area contributed by atoms with E-state index in [2.05, 4.69) is 0 Å². The quantitative estimate of drug-likeness (QED) is 0.527. The Balaban J connectivity index is 0.00000289. The summed E-state index contributed by atoms with van der Waals surface area (Å²) in [4.78, 5) is 0. The Kier molecular flexibility index (Phi) is 8.04. The first-order valence-corrected chi connectivity index (χ1v) is 4.99. The third-order valence-corrected chi connectivity index (χ3v) is 2.20. The van der Waals surface area contributed by atoms with Crippen LogP contribution in [-0.4, -0.2) is 26.8 Å². The van der Waals surface area contributed by atoms with Gasteiger partial charge in [0.05, 0.1) is 11.9 Å². The zero-order valence-electron chi connectivity index (χ0n) is 10.4. The first-order chi connectivity index (χ1) is 7.84. The summed E-state index contributed by atoms with van der Waals surface area (Å²) >= 11 is 0. The second-order valence-corrected chi connectivity index (χ2v) is 3.61. The predicted molar refractivity (Wildman–Crippen MR) is 57.1 cm³/mol. The van der Waals surface area contributed by atoms with Gasteiger partial charge in [0.2, 0.25) is 0 Å². The topological polar surface area (TPSA) is 18.5 Å². The van der Waals surface area contributed by atoms with Gasteiger partial charge < -0.3 is 22.4 Å². The molecule has 0 N–H and O–H groups in total. The Morgan fingerprint density at radius 2 is 1.89 bits per heavy atom. The summed E-state index contributed by atoms with van der Waals surface area (Å²) < 4.78 is 60.5. The maximum Gasteiger partial charge on any atom is 1.00 e. The molecule has 1 aromatic rings. The van der Waals surface area contributed by atoms with Gasteiger partial charge in [-0.25, -0.2) is 4.39 Å². The molecule has 1 aromatic carbocycles. The Bertz CT molecular complexity index is 387. The van der Waals surface area contributed by atoms with Crippen LogP contribution >= 0.6 is 0 Å². The van der Waals surface area contributed by atoms with Crippen LogP contribution in [0.2, 0.25) is 0 Å². The minimum Gasteiger partial charge on any atom is -0.494 e. The molecule has 0 fully saturated rings. The minimum atomic E-state index is -5.22. The third-order valence-electron chi connectivity index (χ3n) is 2.20. The number of rotatable bonds is 5. The monoisotopic (exact) mass is 290 g/mol. The standard InChI is InChI=1S/C10H12BF4O2.K/c1-7(16-2)6-17-10-5-8(12)3-4-9(10)11(13,14)15;/h3-5,7H,6H2,1-2H3;/q-1;+1. The van der Waals surface area contributed by atoms with Crippen LogP contribution in [-0.2, 0) is 4.74 Å². The van der Waals surface area contributed by atoms with Crippen LogP contribution in [0.5, 0.6) is 5.75 Å². The zero-order chi connectivity index (χ0) is 13.1. The summed E-state index contributed by atoms with van der Waals surface area (Å²) in [7, 11) is 1.41. The van der Waals surface area contributed by atoms with Crippen molar-refractivity contribution >= 4 is 12.4 Å². The van der Waals surface area contributed by atoms with Crippen molar-refractivity contribution < 1.29 is 78.2 Å². The van der Waals surface area contributed by atoms with Crippen LogP contribution in [0.4, 0.5) is 17.3 Å². The summed E-state index contributed by atoms with van der Waals surface area (Å²) in [5, 5.41) is 0. The normalized spacial score (nSPS) is 12.8. The van der Waals surface area contributed by atoms with E-state index >= 15 is 0 Å². The molecular weight excluding hydrogens is 278 g/mol. The van der Waals surface area contributed by atoms with Gasteiger partial charge in [-0.3, -0.25) is 0 Å². The maximum absolute atomic E-state index is 12.9. The van der Waals surface area contributed by atoms with Crippen molar-refractivity contribution in [3.63, 3.8) is 0 Å². The van der Waals surface area contributed by atoms with Crippen LogP contribution in [0.3, 0.4) is 0 Å². The SMILES string of the molecule is COC(C)COc1cc(F)ccc1[B-](F)(F)F.[K+]. The molecule has 1 atom stereocenters. The van der Waals surface area contributed by atoms with E-state index in [-0.39, 0.29) is 64.1 Å². The fourth-order valence-corrected chi connectivity index (χ4v) is 1.18. The van der Waals surface area contributed by atoms with Gasteiger partial charge in [-0.2, -0.15) is 0 Å². The van der Waals surface area contributed by atoms with Crippen molar-refractivity contribution in [3.05, 3.63) is 24.0 Å². The van der Waals surface area contributed by atoms with Crippen molar-refractivity contribution in [3.8, 4) is 5.75 Å². The average Bonchev–Trinajstić information content (AvgIpc) is 2.24. The molecule has 0 spiro atoms. The third kappa shape index (κ3) is 5.58. The summed E-state index contributed by atoms with van der Waals surface area (Å²) in [6, 6.07) is 2.17. The smallest absolute Gasteiger partial charge is 0.494 e. The molecule has 18 heavy (non-hydrogen) atoms. The minimum absolute atomic E-state index is 0. The van der Waals surface area contributed by atoms with E-state index in [0.29, 0.717) is 6.07 Å². The second kappa shape index (κ2) is 7.86. The number of ether oxygens (including phenoxy) is 2. The Labute approximate surface area is 146 Å². The van der Waals surface area contributed by atoms with Gasteiger partial charge in [0.15, 0.2) is 0 Å². The van der Waals surface area contributed by atoms with E-state index in [9.17, 15) is 17.3 Å². The molecule has 0 saturated carbocycles. The fourth-order valence-electron chi connectivity index (χ4n) is 1.18. The molecule has 0 radical (unpaired) electrons. The van der Waals surface area contributed by atoms with Gasteiger partial charge in [0.1, 0.15) is 12.4 Å². The van der Waals surface area contributed by atoms with Crippen molar-refractivity contribution in [1.29, 1.82) is 0 Å². The number of hydrogen-bond acceptors (Lipinski definition) is 2. The molecule has 0 aliphatic heterocycles. The molecule has 8 heteroatoms. The van der Waals surface area contributed by atoms with Crippen molar-refractivity contribution in [2.24, 2.45) is 0 Å². The molecule has 0 saturated heterocycles. The first kappa shape index (κ1) is 18.4. The maximum atomic E-state index is 12.9. The predicted octanol–water partition coefficient (Wildman–Crippen LogP) is -0.702. The van der Waals surface area contributed by atoms with Crippen LogP contribution in [0.15, 0.2) is 18.2 Å². The number of methoxy groups -OCH3 is 1. The Morgan fingerprint density at radius 3 is 2.39 bits per heavy atom. The molecule has 0 aromatic heterocycles. The van der Waals surface area contributed by atoms with Gasteiger partial charge >= 0.3 is 58.4 Å². The molecule has 0 heterocycles. The Morgan fingerprint density at radius 1 is 1.28 bits per heavy atom. The van der Waals surface area contributed by atoms with E-state index in [0.717, 1.165) is 12.1 Å². The van der Waals surface area contributed by atoms with E-state index in [4.69, 9.17) is 9.47 Å². The first-order valence-electron chi connectivity index (χ1n) is 4.99. The molecule has 0 amide bonds. The molecule has 0 aliphatic rings. The van der Waals surface area contributed by atoms with E-state index in [1.165, 1.54) is 7.11 Å². The van der Waals surface area contributed by atoms with Crippen LogP contribution in [0.1, 0.15) is 6.92 Å². The molecule has 0 bridgehead atoms. The molecule has 0 aliphatic carbocycles. The number of benzene rings is 1. The number of hydrogen-bond donors (Lipinski definition) is 0. The van der Waals surface area contributed by atoms with Gasteiger partial charge in [0, 0.05) is 13.2 Å². The summed E-state index contributed by atoms with van der Waals surface area (Å²) in [5.74, 6) is -1.27. The number of halogens is 4. The van der Waals surface area contributed by atoms with Gasteiger partial charge in [0.25, 0.3) is 0 Å². The summed E-state index contributed by atoms with van der Waals surface area (Å²) in [6.07, 6.45) is -0.369. The molecule has 1 unspecified atom stereocenters. The second-order valence-electron chi connectivity index (χ2n) is 3.61. The molecular formula is C10H12BF4KO2. The van der Waals surface area contributed by atoms with E-state index in [1.807, 2.05) is 0 Å². The average molecular weight is 290 g/mol. The van der Waals surface area contributed by atoms with Crippen LogP contribution < -0.4 is 61.6 Å². The van der Waals surface area contributed by atoms with Crippen molar-refractivity contribution in [2.45, 2.75) is 13.0 Å². The van der Waals surface area contributed by atoms with Gasteiger partial charge in [-0.15, -0.1) is 0 Å². The largest absolute Gasteiger partial charge is 1.00 e. The van der Waals surface area contributed by atoms with E-state index < -0.39 is 24.0 Å². The molecule has 1 rings (SSSR count). The van der Waals surface area contributed by atoms with Crippen LogP contribution in [0, 0.1) is 5.82 Å². The summed E-state index contributed by atoms with van der Waals surface area (Å²) in [6.45, 7) is -3.65. The zero-order valence-corrected chi connectivity index (χ0v) is 13.5. The van der Waals surface area contributed by atoms with E-state index in [1.54, 1.807) is 6.92 Å². The van der Waals surface area contributed by atoms with Crippen molar-refractivity contribution in [2.75, 3.05) is 13.7 Å². The summed E-state index contributed by atoms with van der Waals surface area (Å²) in [5.41, 5.74) is -0.935. The van der Waals surface area contributed by atoms with Gasteiger partial charge in [-0.05, 0) is 13.0 Å². The van der Waals surface area contributed by atoms with Crippen molar-refractivity contribution in [1.82, 2.24) is 0 Å². The van der Waals surface area contributed by atoms with Crippen LogP contribution in [0.25, 0.3) is 0 Å². The Hall–Kier alpha value is 0.401. The fraction of sp³-hybridized carbons (Fsp3) is 0.400. The van der Waals surface area contributed by atoms with Gasteiger partial charge in [-0.1, -0.05) is 11.5 Å². The molecule has 96 valence electrons. The molecule has 2 nitrogen and oxygen atoms in total.